The number of hydrogen-bond acceptors (Lipinski definition) is 3. The van der Waals surface area contributed by atoms with Gasteiger partial charge in [-0.15, -0.1) is 11.3 Å². The molecular formula is C9H14BrNOS. The first kappa shape index (κ1) is 11.2. The lowest BCUT2D eigenvalue weighted by molar-refractivity contribution is 0.223. The van der Waals surface area contributed by atoms with E-state index in [1.165, 1.54) is 4.88 Å². The van der Waals surface area contributed by atoms with Crippen LogP contribution in [0.4, 0.5) is 0 Å². The molecule has 0 aromatic carbocycles. The molecule has 0 radical (unpaired) electrons. The normalized spacial score (nSPS) is 13.2. The van der Waals surface area contributed by atoms with Crippen molar-refractivity contribution in [3.05, 3.63) is 20.8 Å². The largest absolute Gasteiger partial charge is 0.396 e. The summed E-state index contributed by atoms with van der Waals surface area (Å²) in [6.07, 6.45) is 1.98. The molecule has 1 unspecified atom stereocenters. The first-order valence-corrected chi connectivity index (χ1v) is 5.92. The second-order valence-electron chi connectivity index (χ2n) is 3.03. The number of nitrogens with two attached hydrogens (primary N) is 1. The predicted molar refractivity (Wildman–Crippen MR) is 60.0 cm³/mol. The Kier molecular flexibility index (Phi) is 4.94. The van der Waals surface area contributed by atoms with Gasteiger partial charge in [0.25, 0.3) is 0 Å². The molecule has 2 nitrogen and oxygen atoms in total. The molecule has 13 heavy (non-hydrogen) atoms. The van der Waals surface area contributed by atoms with E-state index in [1.54, 1.807) is 11.3 Å². The van der Waals surface area contributed by atoms with Crippen molar-refractivity contribution in [2.45, 2.75) is 12.8 Å². The van der Waals surface area contributed by atoms with Crippen molar-refractivity contribution in [1.82, 2.24) is 0 Å². The van der Waals surface area contributed by atoms with Crippen LogP contribution in [-0.4, -0.2) is 18.3 Å². The third-order valence-corrected chi connectivity index (χ3v) is 3.70. The third kappa shape index (κ3) is 3.77. The number of thiophene rings is 1. The number of aryl methyl sites for hydroxylation is 1. The lowest BCUT2D eigenvalue weighted by atomic mass is 10.0. The van der Waals surface area contributed by atoms with Crippen LogP contribution in [0.1, 0.15) is 11.3 Å². The van der Waals surface area contributed by atoms with Gasteiger partial charge in [0.15, 0.2) is 0 Å². The first-order valence-electron chi connectivity index (χ1n) is 4.31. The van der Waals surface area contributed by atoms with Gasteiger partial charge < -0.3 is 10.8 Å². The van der Waals surface area contributed by atoms with E-state index in [0.29, 0.717) is 6.54 Å². The van der Waals surface area contributed by atoms with Crippen LogP contribution in [0.25, 0.3) is 0 Å². The van der Waals surface area contributed by atoms with E-state index >= 15 is 0 Å². The minimum absolute atomic E-state index is 0.197. The monoisotopic (exact) mass is 263 g/mol. The highest BCUT2D eigenvalue weighted by molar-refractivity contribution is 9.11. The molecular weight excluding hydrogens is 250 g/mol. The number of hydrogen-bond donors (Lipinski definition) is 2. The maximum Gasteiger partial charge on any atom is 0.0701 e. The van der Waals surface area contributed by atoms with Gasteiger partial charge in [0.2, 0.25) is 0 Å². The number of halogens is 1. The molecule has 0 aliphatic heterocycles. The van der Waals surface area contributed by atoms with Crippen molar-refractivity contribution in [2.24, 2.45) is 11.7 Å². The molecule has 1 aromatic rings. The summed E-state index contributed by atoms with van der Waals surface area (Å²) < 4.78 is 1.16. The topological polar surface area (TPSA) is 46.2 Å². The van der Waals surface area contributed by atoms with Crippen molar-refractivity contribution in [1.29, 1.82) is 0 Å². The summed E-state index contributed by atoms with van der Waals surface area (Å²) in [6, 6.07) is 4.16. The van der Waals surface area contributed by atoms with Crippen molar-refractivity contribution >= 4 is 27.3 Å². The molecule has 0 bridgehead atoms. The number of rotatable bonds is 5. The summed E-state index contributed by atoms with van der Waals surface area (Å²) >= 11 is 5.16. The minimum atomic E-state index is 0.197. The zero-order chi connectivity index (χ0) is 9.68. The molecule has 0 aliphatic rings. The van der Waals surface area contributed by atoms with Gasteiger partial charge in [-0.2, -0.15) is 0 Å². The zero-order valence-electron chi connectivity index (χ0n) is 7.37. The molecule has 1 atom stereocenters. The molecule has 1 heterocycles. The first-order chi connectivity index (χ1) is 6.26. The Hall–Kier alpha value is 0.1000. The smallest absolute Gasteiger partial charge is 0.0701 e. The highest BCUT2D eigenvalue weighted by atomic mass is 79.9. The average Bonchev–Trinajstić information content (AvgIpc) is 2.53. The molecule has 0 spiro atoms. The maximum atomic E-state index is 8.92. The van der Waals surface area contributed by atoms with Crippen molar-refractivity contribution in [3.63, 3.8) is 0 Å². The third-order valence-electron chi connectivity index (χ3n) is 2.02. The number of aliphatic hydroxyl groups excluding tert-OH is 1. The summed E-state index contributed by atoms with van der Waals surface area (Å²) in [7, 11) is 0. The van der Waals surface area contributed by atoms with Crippen LogP contribution in [-0.2, 0) is 6.42 Å². The second kappa shape index (κ2) is 5.75. The Morgan fingerprint density at radius 1 is 1.54 bits per heavy atom. The molecule has 0 aliphatic carbocycles. The van der Waals surface area contributed by atoms with Crippen LogP contribution in [0.5, 0.6) is 0 Å². The molecule has 0 fully saturated rings. The van der Waals surface area contributed by atoms with Crippen LogP contribution in [0.3, 0.4) is 0 Å². The van der Waals surface area contributed by atoms with Gasteiger partial charge in [0.05, 0.1) is 3.79 Å². The van der Waals surface area contributed by atoms with Crippen LogP contribution in [0, 0.1) is 5.92 Å². The Morgan fingerprint density at radius 3 is 2.77 bits per heavy atom. The lowest BCUT2D eigenvalue weighted by Gasteiger charge is -2.09. The second-order valence-corrected chi connectivity index (χ2v) is 5.58. The van der Waals surface area contributed by atoms with E-state index in [1.807, 2.05) is 0 Å². The Bertz CT molecular complexity index is 248. The fourth-order valence-electron chi connectivity index (χ4n) is 1.12. The van der Waals surface area contributed by atoms with E-state index in [2.05, 4.69) is 28.1 Å². The fourth-order valence-corrected chi connectivity index (χ4v) is 2.61. The maximum absolute atomic E-state index is 8.92. The minimum Gasteiger partial charge on any atom is -0.396 e. The van der Waals surface area contributed by atoms with E-state index in [-0.39, 0.29) is 12.5 Å². The lowest BCUT2D eigenvalue weighted by Crippen LogP contribution is -2.18. The zero-order valence-corrected chi connectivity index (χ0v) is 9.77. The van der Waals surface area contributed by atoms with Crippen LogP contribution >= 0.6 is 27.3 Å². The summed E-state index contributed by atoms with van der Waals surface area (Å²) in [5, 5.41) is 8.92. The standard InChI is InChI=1S/C9H14BrNOS/c10-9-4-3-8(13-9)2-1-7(5-11)6-12/h3-4,7,12H,1-2,5-6,11H2. The van der Waals surface area contributed by atoms with Crippen molar-refractivity contribution in [2.75, 3.05) is 13.2 Å². The molecule has 3 N–H and O–H groups in total. The molecule has 1 rings (SSSR count). The van der Waals surface area contributed by atoms with Crippen LogP contribution in [0.15, 0.2) is 15.9 Å². The van der Waals surface area contributed by atoms with Gasteiger partial charge in [-0.1, -0.05) is 0 Å². The van der Waals surface area contributed by atoms with E-state index in [0.717, 1.165) is 16.6 Å². The highest BCUT2D eigenvalue weighted by Crippen LogP contribution is 2.23. The van der Waals surface area contributed by atoms with Crippen LogP contribution in [0.2, 0.25) is 0 Å². The van der Waals surface area contributed by atoms with E-state index < -0.39 is 0 Å². The summed E-state index contributed by atoms with van der Waals surface area (Å²) in [5.74, 6) is 0.251. The van der Waals surface area contributed by atoms with Gasteiger partial charge >= 0.3 is 0 Å². The van der Waals surface area contributed by atoms with Gasteiger partial charge in [-0.25, -0.2) is 0 Å². The Labute approximate surface area is 90.9 Å². The quantitative estimate of drug-likeness (QED) is 0.854. The van der Waals surface area contributed by atoms with Gasteiger partial charge in [0.1, 0.15) is 0 Å². The van der Waals surface area contributed by atoms with E-state index in [4.69, 9.17) is 10.8 Å². The summed E-state index contributed by atoms with van der Waals surface area (Å²) in [4.78, 5) is 1.35. The summed E-state index contributed by atoms with van der Waals surface area (Å²) in [5.41, 5.74) is 5.49. The Morgan fingerprint density at radius 2 is 2.31 bits per heavy atom. The molecule has 74 valence electrons. The Balaban J connectivity index is 2.33. The fraction of sp³-hybridized carbons (Fsp3) is 0.556. The average molecular weight is 264 g/mol. The van der Waals surface area contributed by atoms with E-state index in [9.17, 15) is 0 Å². The summed E-state index contributed by atoms with van der Waals surface area (Å²) in [6.45, 7) is 0.770. The predicted octanol–water partition coefficient (Wildman–Crippen LogP) is 2.01. The molecule has 0 saturated carbocycles. The van der Waals surface area contributed by atoms with Gasteiger partial charge in [-0.3, -0.25) is 0 Å². The highest BCUT2D eigenvalue weighted by Gasteiger charge is 2.06. The van der Waals surface area contributed by atoms with Crippen molar-refractivity contribution in [3.8, 4) is 0 Å². The van der Waals surface area contributed by atoms with Gasteiger partial charge in [-0.05, 0) is 53.4 Å². The van der Waals surface area contributed by atoms with Crippen molar-refractivity contribution < 1.29 is 5.11 Å². The number of aliphatic hydroxyl groups is 1. The molecule has 0 saturated heterocycles. The molecule has 0 amide bonds. The SMILES string of the molecule is NCC(CO)CCc1ccc(Br)s1. The molecule has 1 aromatic heterocycles. The molecule has 4 heteroatoms. The van der Waals surface area contributed by atoms with Crippen LogP contribution < -0.4 is 5.73 Å². The van der Waals surface area contributed by atoms with Gasteiger partial charge in [0, 0.05) is 11.5 Å².